The van der Waals surface area contributed by atoms with Gasteiger partial charge < -0.3 is 5.32 Å². The van der Waals surface area contributed by atoms with Gasteiger partial charge in [0.25, 0.3) is 5.91 Å². The van der Waals surface area contributed by atoms with Crippen LogP contribution in [0, 0.1) is 0 Å². The molecule has 1 aromatic heterocycles. The van der Waals surface area contributed by atoms with E-state index < -0.39 is 0 Å². The van der Waals surface area contributed by atoms with Gasteiger partial charge in [-0.2, -0.15) is 11.3 Å². The van der Waals surface area contributed by atoms with Crippen LogP contribution in [0.1, 0.15) is 41.2 Å². The number of carbonyl (C=O) groups is 1. The van der Waals surface area contributed by atoms with Gasteiger partial charge in [0, 0.05) is 11.6 Å². The lowest BCUT2D eigenvalue weighted by Crippen LogP contribution is -2.40. The third-order valence-corrected chi connectivity index (χ3v) is 5.65. The van der Waals surface area contributed by atoms with E-state index in [-0.39, 0.29) is 11.9 Å². The third kappa shape index (κ3) is 4.31. The fourth-order valence-electron chi connectivity index (χ4n) is 3.11. The summed E-state index contributed by atoms with van der Waals surface area (Å²) in [6, 6.07) is 7.29. The highest BCUT2D eigenvalue weighted by molar-refractivity contribution is 7.08. The second-order valence-corrected chi connectivity index (χ2v) is 7.63. The van der Waals surface area contributed by atoms with Gasteiger partial charge in [0.05, 0.1) is 16.6 Å². The largest absolute Gasteiger partial charge is 0.350 e. The van der Waals surface area contributed by atoms with E-state index in [0.29, 0.717) is 22.2 Å². The molecule has 0 spiro atoms. The molecule has 0 saturated carbocycles. The highest BCUT2D eigenvalue weighted by Gasteiger charge is 2.23. The van der Waals surface area contributed by atoms with Gasteiger partial charge in [-0.25, -0.2) is 0 Å². The van der Waals surface area contributed by atoms with Gasteiger partial charge in [0.1, 0.15) is 0 Å². The maximum atomic E-state index is 12.5. The van der Waals surface area contributed by atoms with Gasteiger partial charge in [0.15, 0.2) is 0 Å². The number of amides is 1. The van der Waals surface area contributed by atoms with Crippen LogP contribution in [0.4, 0.5) is 0 Å². The first-order valence-corrected chi connectivity index (χ1v) is 9.84. The minimum absolute atomic E-state index is 0.181. The van der Waals surface area contributed by atoms with Crippen LogP contribution in [-0.2, 0) is 0 Å². The van der Waals surface area contributed by atoms with Crippen molar-refractivity contribution in [3.8, 4) is 0 Å². The van der Waals surface area contributed by atoms with Gasteiger partial charge >= 0.3 is 0 Å². The van der Waals surface area contributed by atoms with Crippen molar-refractivity contribution < 1.29 is 4.79 Å². The Balaban J connectivity index is 1.71. The standard InChI is InChI=1S/C18H20Cl2N2OS/c19-14-4-5-16(20)15(10-14)18(23)21-11-17(13-6-9-24-12-13)22-7-2-1-3-8-22/h4-6,9-10,12,17H,1-3,7-8,11H2,(H,21,23). The van der Waals surface area contributed by atoms with E-state index in [4.69, 9.17) is 23.2 Å². The quantitative estimate of drug-likeness (QED) is 0.787. The van der Waals surface area contributed by atoms with Crippen LogP contribution in [0.2, 0.25) is 10.0 Å². The third-order valence-electron chi connectivity index (χ3n) is 4.39. The van der Waals surface area contributed by atoms with Crippen LogP contribution < -0.4 is 5.32 Å². The highest BCUT2D eigenvalue weighted by atomic mass is 35.5. The summed E-state index contributed by atoms with van der Waals surface area (Å²) in [4.78, 5) is 15.0. The zero-order chi connectivity index (χ0) is 16.9. The molecule has 128 valence electrons. The lowest BCUT2D eigenvalue weighted by atomic mass is 10.0. The molecule has 1 saturated heterocycles. The predicted molar refractivity (Wildman–Crippen MR) is 101 cm³/mol. The van der Waals surface area contributed by atoms with Crippen molar-refractivity contribution in [1.82, 2.24) is 10.2 Å². The number of halogens is 2. The van der Waals surface area contributed by atoms with Gasteiger partial charge in [-0.1, -0.05) is 29.6 Å². The molecule has 0 aliphatic carbocycles. The van der Waals surface area contributed by atoms with E-state index in [0.717, 1.165) is 13.1 Å². The number of carbonyl (C=O) groups excluding carboxylic acids is 1. The Bertz CT molecular complexity index is 684. The lowest BCUT2D eigenvalue weighted by Gasteiger charge is -2.34. The average Bonchev–Trinajstić information content (AvgIpc) is 3.12. The van der Waals surface area contributed by atoms with Crippen LogP contribution in [0.3, 0.4) is 0 Å². The number of hydrogen-bond donors (Lipinski definition) is 1. The number of hydrogen-bond acceptors (Lipinski definition) is 3. The summed E-state index contributed by atoms with van der Waals surface area (Å²) in [5.74, 6) is -0.181. The average molecular weight is 383 g/mol. The first-order chi connectivity index (χ1) is 11.6. The maximum absolute atomic E-state index is 12.5. The molecule has 1 atom stereocenters. The van der Waals surface area contributed by atoms with E-state index in [1.54, 1.807) is 29.5 Å². The number of thiophene rings is 1. The van der Waals surface area contributed by atoms with Crippen molar-refractivity contribution in [3.63, 3.8) is 0 Å². The summed E-state index contributed by atoms with van der Waals surface area (Å²) in [6.45, 7) is 2.72. The molecular formula is C18H20Cl2N2OS. The van der Waals surface area contributed by atoms with Gasteiger partial charge in [-0.05, 0) is 66.5 Å². The lowest BCUT2D eigenvalue weighted by molar-refractivity contribution is 0.0924. The molecule has 3 nitrogen and oxygen atoms in total. The van der Waals surface area contributed by atoms with Gasteiger partial charge in [-0.3, -0.25) is 9.69 Å². The number of benzene rings is 1. The zero-order valence-electron chi connectivity index (χ0n) is 13.3. The molecule has 1 aliphatic heterocycles. The first kappa shape index (κ1) is 17.7. The summed E-state index contributed by atoms with van der Waals surface area (Å²) in [6.07, 6.45) is 3.72. The summed E-state index contributed by atoms with van der Waals surface area (Å²) in [5, 5.41) is 8.21. The summed E-state index contributed by atoms with van der Waals surface area (Å²) < 4.78 is 0. The van der Waals surface area contributed by atoms with Gasteiger partial charge in [-0.15, -0.1) is 0 Å². The number of nitrogens with one attached hydrogen (secondary N) is 1. The van der Waals surface area contributed by atoms with Gasteiger partial charge in [0.2, 0.25) is 0 Å². The molecule has 3 rings (SSSR count). The molecule has 0 bridgehead atoms. The molecule has 24 heavy (non-hydrogen) atoms. The number of nitrogens with zero attached hydrogens (tertiary/aromatic N) is 1. The van der Waals surface area contributed by atoms with Crippen molar-refractivity contribution in [2.45, 2.75) is 25.3 Å². The van der Waals surface area contributed by atoms with Crippen molar-refractivity contribution in [1.29, 1.82) is 0 Å². The second-order valence-electron chi connectivity index (χ2n) is 6.00. The van der Waals surface area contributed by atoms with E-state index in [2.05, 4.69) is 27.0 Å². The topological polar surface area (TPSA) is 32.3 Å². The van der Waals surface area contributed by atoms with Crippen LogP contribution in [0.5, 0.6) is 0 Å². The number of rotatable bonds is 5. The fourth-order valence-corrected chi connectivity index (χ4v) is 4.19. The van der Waals surface area contributed by atoms with Crippen LogP contribution in [-0.4, -0.2) is 30.4 Å². The molecule has 1 aromatic carbocycles. The molecule has 1 fully saturated rings. The highest BCUT2D eigenvalue weighted by Crippen LogP contribution is 2.26. The van der Waals surface area contributed by atoms with E-state index in [9.17, 15) is 4.79 Å². The van der Waals surface area contributed by atoms with Crippen LogP contribution in [0.25, 0.3) is 0 Å². The smallest absolute Gasteiger partial charge is 0.252 e. The molecule has 1 unspecified atom stereocenters. The Hall–Kier alpha value is -1.07. The summed E-state index contributed by atoms with van der Waals surface area (Å²) in [7, 11) is 0. The normalized spacial score (nSPS) is 16.8. The number of likely N-dealkylation sites (tertiary alicyclic amines) is 1. The monoisotopic (exact) mass is 382 g/mol. The second kappa shape index (κ2) is 8.34. The first-order valence-electron chi connectivity index (χ1n) is 8.14. The Kier molecular flexibility index (Phi) is 6.17. The Morgan fingerprint density at radius 3 is 2.71 bits per heavy atom. The molecule has 1 aliphatic rings. The predicted octanol–water partition coefficient (Wildman–Crippen LogP) is 5.01. The summed E-state index contributed by atoms with van der Waals surface area (Å²) in [5.41, 5.74) is 1.69. The van der Waals surface area contributed by atoms with E-state index in [1.807, 2.05) is 0 Å². The molecule has 1 amide bonds. The minimum Gasteiger partial charge on any atom is -0.350 e. The van der Waals surface area contributed by atoms with Crippen molar-refractivity contribution in [2.24, 2.45) is 0 Å². The van der Waals surface area contributed by atoms with E-state index in [1.165, 1.54) is 24.8 Å². The summed E-state index contributed by atoms with van der Waals surface area (Å²) >= 11 is 13.8. The Morgan fingerprint density at radius 1 is 1.21 bits per heavy atom. The molecule has 1 N–H and O–H groups in total. The molecule has 0 radical (unpaired) electrons. The molecule has 6 heteroatoms. The van der Waals surface area contributed by atoms with Crippen LogP contribution >= 0.6 is 34.5 Å². The zero-order valence-corrected chi connectivity index (χ0v) is 15.6. The van der Waals surface area contributed by atoms with Crippen molar-refractivity contribution in [3.05, 3.63) is 56.2 Å². The fraction of sp³-hybridized carbons (Fsp3) is 0.389. The Labute approximate surface area is 156 Å². The Morgan fingerprint density at radius 2 is 2.00 bits per heavy atom. The molecule has 2 aromatic rings. The van der Waals surface area contributed by atoms with Crippen molar-refractivity contribution in [2.75, 3.05) is 19.6 Å². The SMILES string of the molecule is O=C(NCC(c1ccsc1)N1CCCCC1)c1cc(Cl)ccc1Cl. The van der Waals surface area contributed by atoms with Crippen molar-refractivity contribution >= 4 is 40.4 Å². The number of piperidine rings is 1. The molecule has 2 heterocycles. The minimum atomic E-state index is -0.181. The van der Waals surface area contributed by atoms with Crippen LogP contribution in [0.15, 0.2) is 35.0 Å². The molecular weight excluding hydrogens is 363 g/mol. The van der Waals surface area contributed by atoms with E-state index >= 15 is 0 Å². The maximum Gasteiger partial charge on any atom is 0.252 e.